The van der Waals surface area contributed by atoms with Crippen LogP contribution in [0.2, 0.25) is 0 Å². The summed E-state index contributed by atoms with van der Waals surface area (Å²) in [5.74, 6) is 2.32. The zero-order chi connectivity index (χ0) is 16.8. The lowest BCUT2D eigenvalue weighted by Crippen LogP contribution is -2.02. The Morgan fingerprint density at radius 2 is 1.92 bits per heavy atom. The third-order valence-electron chi connectivity index (χ3n) is 3.39. The van der Waals surface area contributed by atoms with Crippen LogP contribution in [0.15, 0.2) is 53.7 Å². The Kier molecular flexibility index (Phi) is 5.14. The van der Waals surface area contributed by atoms with Crippen molar-refractivity contribution >= 4 is 28.5 Å². The fourth-order valence-electron chi connectivity index (χ4n) is 2.23. The average Bonchev–Trinajstić information content (AvgIpc) is 2.65. The number of rotatable bonds is 6. The molecule has 0 radical (unpaired) electrons. The third kappa shape index (κ3) is 3.76. The number of benzene rings is 2. The van der Waals surface area contributed by atoms with Gasteiger partial charge in [-0.15, -0.1) is 0 Å². The van der Waals surface area contributed by atoms with Gasteiger partial charge in [0.05, 0.1) is 23.8 Å². The van der Waals surface area contributed by atoms with Crippen molar-refractivity contribution in [3.05, 3.63) is 54.1 Å². The Labute approximate surface area is 144 Å². The number of nitrogens with zero attached hydrogens (tertiary/aromatic N) is 3. The Balaban J connectivity index is 1.60. The average molecular weight is 336 g/mol. The van der Waals surface area contributed by atoms with Crippen molar-refractivity contribution in [1.82, 2.24) is 9.97 Å². The Bertz CT molecular complexity index is 874. The number of fused-ring (bicyclic) bond motifs is 1. The number of nitrogens with one attached hydrogen (secondary N) is 1. The molecular weight excluding hydrogens is 320 g/mol. The summed E-state index contributed by atoms with van der Waals surface area (Å²) in [6, 6.07) is 17.1. The number of thioether (sulfide) groups is 1. The summed E-state index contributed by atoms with van der Waals surface area (Å²) < 4.78 is 5.67. The highest BCUT2D eigenvalue weighted by molar-refractivity contribution is 7.99. The van der Waals surface area contributed by atoms with Crippen LogP contribution >= 0.6 is 11.8 Å². The van der Waals surface area contributed by atoms with E-state index in [0.717, 1.165) is 33.4 Å². The molecule has 120 valence electrons. The van der Waals surface area contributed by atoms with Gasteiger partial charge >= 0.3 is 0 Å². The molecule has 0 amide bonds. The van der Waals surface area contributed by atoms with E-state index in [9.17, 15) is 0 Å². The SMILES string of the molecule is CNc1nc(SCCOc2ccc(C#N)cc2)nc2ccccc12. The second kappa shape index (κ2) is 7.66. The first-order chi connectivity index (χ1) is 11.8. The fourth-order valence-corrected chi connectivity index (χ4v) is 2.90. The van der Waals surface area contributed by atoms with E-state index < -0.39 is 0 Å². The zero-order valence-electron chi connectivity index (χ0n) is 13.2. The minimum Gasteiger partial charge on any atom is -0.493 e. The van der Waals surface area contributed by atoms with Gasteiger partial charge in [-0.3, -0.25) is 0 Å². The maximum Gasteiger partial charge on any atom is 0.190 e. The summed E-state index contributed by atoms with van der Waals surface area (Å²) in [7, 11) is 1.86. The van der Waals surface area contributed by atoms with Crippen LogP contribution < -0.4 is 10.1 Å². The number of aromatic nitrogens is 2. The quantitative estimate of drug-likeness (QED) is 0.420. The number of hydrogen-bond donors (Lipinski definition) is 1. The van der Waals surface area contributed by atoms with Crippen LogP contribution in [0.5, 0.6) is 5.75 Å². The van der Waals surface area contributed by atoms with Crippen molar-refractivity contribution in [3.63, 3.8) is 0 Å². The maximum absolute atomic E-state index is 8.77. The molecule has 0 unspecified atom stereocenters. The van der Waals surface area contributed by atoms with E-state index in [1.54, 1.807) is 36.0 Å². The number of nitriles is 1. The lowest BCUT2D eigenvalue weighted by molar-refractivity contribution is 0.344. The van der Waals surface area contributed by atoms with E-state index in [2.05, 4.69) is 21.4 Å². The minimum absolute atomic E-state index is 0.543. The minimum atomic E-state index is 0.543. The smallest absolute Gasteiger partial charge is 0.190 e. The lowest BCUT2D eigenvalue weighted by Gasteiger charge is -2.08. The van der Waals surface area contributed by atoms with Gasteiger partial charge in [0.1, 0.15) is 11.6 Å². The van der Waals surface area contributed by atoms with Crippen LogP contribution in [0.3, 0.4) is 0 Å². The van der Waals surface area contributed by atoms with Gasteiger partial charge in [0.15, 0.2) is 5.16 Å². The molecule has 6 heteroatoms. The van der Waals surface area contributed by atoms with E-state index in [1.807, 2.05) is 31.3 Å². The highest BCUT2D eigenvalue weighted by Gasteiger charge is 2.06. The maximum atomic E-state index is 8.77. The van der Waals surface area contributed by atoms with Crippen LogP contribution in [0.4, 0.5) is 5.82 Å². The van der Waals surface area contributed by atoms with Crippen molar-refractivity contribution in [2.75, 3.05) is 24.7 Å². The van der Waals surface area contributed by atoms with E-state index >= 15 is 0 Å². The highest BCUT2D eigenvalue weighted by atomic mass is 32.2. The van der Waals surface area contributed by atoms with Gasteiger partial charge in [-0.25, -0.2) is 9.97 Å². The van der Waals surface area contributed by atoms with Crippen molar-refractivity contribution in [2.24, 2.45) is 0 Å². The van der Waals surface area contributed by atoms with Gasteiger partial charge in [-0.1, -0.05) is 23.9 Å². The molecule has 0 aliphatic rings. The molecule has 0 fully saturated rings. The number of anilines is 1. The number of hydrogen-bond acceptors (Lipinski definition) is 6. The highest BCUT2D eigenvalue weighted by Crippen LogP contribution is 2.24. The van der Waals surface area contributed by atoms with Crippen LogP contribution in [-0.4, -0.2) is 29.4 Å². The van der Waals surface area contributed by atoms with Crippen LogP contribution in [0.1, 0.15) is 5.56 Å². The molecule has 3 aromatic rings. The molecule has 0 atom stereocenters. The number of ether oxygens (including phenoxy) is 1. The Morgan fingerprint density at radius 3 is 2.67 bits per heavy atom. The number of para-hydroxylation sites is 1. The van der Waals surface area contributed by atoms with Gasteiger partial charge in [0, 0.05) is 18.2 Å². The molecule has 24 heavy (non-hydrogen) atoms. The van der Waals surface area contributed by atoms with E-state index in [4.69, 9.17) is 10.00 Å². The van der Waals surface area contributed by atoms with Crippen molar-refractivity contribution in [2.45, 2.75) is 5.16 Å². The molecule has 0 spiro atoms. The standard InChI is InChI=1S/C18H16N4OS/c1-20-17-15-4-2-3-5-16(15)21-18(22-17)24-11-10-23-14-8-6-13(12-19)7-9-14/h2-9H,10-11H2,1H3,(H,20,21,22). The molecule has 2 aromatic carbocycles. The molecule has 0 saturated heterocycles. The van der Waals surface area contributed by atoms with E-state index in [1.165, 1.54) is 0 Å². The molecule has 5 nitrogen and oxygen atoms in total. The first kappa shape index (κ1) is 16.1. The second-order valence-electron chi connectivity index (χ2n) is 4.96. The predicted molar refractivity (Wildman–Crippen MR) is 96.5 cm³/mol. The normalized spacial score (nSPS) is 10.3. The monoisotopic (exact) mass is 336 g/mol. The lowest BCUT2D eigenvalue weighted by atomic mass is 10.2. The summed E-state index contributed by atoms with van der Waals surface area (Å²) in [6.07, 6.45) is 0. The summed E-state index contributed by atoms with van der Waals surface area (Å²) in [5.41, 5.74) is 1.55. The van der Waals surface area contributed by atoms with Gasteiger partial charge in [0.25, 0.3) is 0 Å². The third-order valence-corrected chi connectivity index (χ3v) is 4.20. The molecular formula is C18H16N4OS. The van der Waals surface area contributed by atoms with Crippen molar-refractivity contribution in [1.29, 1.82) is 5.26 Å². The molecule has 1 aromatic heterocycles. The summed E-state index contributed by atoms with van der Waals surface area (Å²) in [5, 5.41) is 13.6. The van der Waals surface area contributed by atoms with Gasteiger partial charge in [-0.2, -0.15) is 5.26 Å². The topological polar surface area (TPSA) is 70.8 Å². The van der Waals surface area contributed by atoms with Crippen LogP contribution in [0, 0.1) is 11.3 Å². The summed E-state index contributed by atoms with van der Waals surface area (Å²) >= 11 is 1.55. The van der Waals surface area contributed by atoms with Gasteiger partial charge in [0.2, 0.25) is 0 Å². The van der Waals surface area contributed by atoms with Crippen LogP contribution in [-0.2, 0) is 0 Å². The largest absolute Gasteiger partial charge is 0.493 e. The molecule has 0 bridgehead atoms. The van der Waals surface area contributed by atoms with Crippen molar-refractivity contribution < 1.29 is 4.74 Å². The van der Waals surface area contributed by atoms with E-state index in [0.29, 0.717) is 12.2 Å². The van der Waals surface area contributed by atoms with Crippen molar-refractivity contribution in [3.8, 4) is 11.8 Å². The second-order valence-corrected chi connectivity index (χ2v) is 6.02. The Morgan fingerprint density at radius 1 is 1.12 bits per heavy atom. The summed E-state index contributed by atoms with van der Waals surface area (Å²) in [4.78, 5) is 9.11. The van der Waals surface area contributed by atoms with E-state index in [-0.39, 0.29) is 0 Å². The fraction of sp³-hybridized carbons (Fsp3) is 0.167. The zero-order valence-corrected chi connectivity index (χ0v) is 14.0. The van der Waals surface area contributed by atoms with Gasteiger partial charge in [-0.05, 0) is 36.4 Å². The molecule has 0 aliphatic heterocycles. The Hall–Kier alpha value is -2.78. The predicted octanol–water partition coefficient (Wildman–Crippen LogP) is 3.71. The molecule has 1 heterocycles. The molecule has 1 N–H and O–H groups in total. The first-order valence-corrected chi connectivity index (χ1v) is 8.49. The summed E-state index contributed by atoms with van der Waals surface area (Å²) in [6.45, 7) is 0.543. The molecule has 3 rings (SSSR count). The first-order valence-electron chi connectivity index (χ1n) is 7.50. The molecule has 0 saturated carbocycles. The van der Waals surface area contributed by atoms with Gasteiger partial charge < -0.3 is 10.1 Å². The van der Waals surface area contributed by atoms with Crippen LogP contribution in [0.25, 0.3) is 10.9 Å². The molecule has 0 aliphatic carbocycles.